The number of aromatic hydroxyl groups is 1. The zero-order chi connectivity index (χ0) is 18.9. The number of ether oxygens (including phenoxy) is 1. The van der Waals surface area contributed by atoms with Gasteiger partial charge in [-0.05, 0) is 24.6 Å². The van der Waals surface area contributed by atoms with E-state index in [1.165, 1.54) is 0 Å². The smallest absolute Gasteiger partial charge is 0.243 e. The van der Waals surface area contributed by atoms with Gasteiger partial charge in [0.25, 0.3) is 0 Å². The molecule has 6 heteroatoms. The largest absolute Gasteiger partial charge is 0.508 e. The molecule has 1 amide bonds. The van der Waals surface area contributed by atoms with Crippen molar-refractivity contribution in [2.45, 2.75) is 45.4 Å². The summed E-state index contributed by atoms with van der Waals surface area (Å²) >= 11 is 0. The van der Waals surface area contributed by atoms with Crippen molar-refractivity contribution in [1.82, 2.24) is 9.80 Å². The first kappa shape index (κ1) is 19.1. The number of hydrogen-bond acceptors (Lipinski definition) is 5. The number of nitrogens with two attached hydrogens (primary N) is 1. The first-order valence-corrected chi connectivity index (χ1v) is 9.48. The number of amides is 1. The molecule has 1 aromatic rings. The molecule has 2 fully saturated rings. The Bertz CT molecular complexity index is 655. The Morgan fingerprint density at radius 1 is 1.31 bits per heavy atom. The van der Waals surface area contributed by atoms with Gasteiger partial charge >= 0.3 is 0 Å². The Hall–Kier alpha value is -1.63. The zero-order valence-electron chi connectivity index (χ0n) is 16.1. The molecule has 1 heterocycles. The van der Waals surface area contributed by atoms with Crippen LogP contribution in [0.15, 0.2) is 24.3 Å². The highest BCUT2D eigenvalue weighted by atomic mass is 16.5. The molecular formula is C20H31N3O3. The lowest BCUT2D eigenvalue weighted by molar-refractivity contribution is -0.180. The molecule has 1 aliphatic heterocycles. The van der Waals surface area contributed by atoms with Gasteiger partial charge in [-0.2, -0.15) is 0 Å². The van der Waals surface area contributed by atoms with Gasteiger partial charge in [0.2, 0.25) is 5.91 Å². The summed E-state index contributed by atoms with van der Waals surface area (Å²) in [6.07, 6.45) is 0.643. The van der Waals surface area contributed by atoms with Gasteiger partial charge in [0.15, 0.2) is 0 Å². The summed E-state index contributed by atoms with van der Waals surface area (Å²) in [5.41, 5.74) is 6.44. The Labute approximate surface area is 155 Å². The lowest BCUT2D eigenvalue weighted by Crippen LogP contribution is -2.76. The van der Waals surface area contributed by atoms with Crippen molar-refractivity contribution >= 4 is 5.91 Å². The maximum atomic E-state index is 13.1. The molecule has 0 aromatic heterocycles. The molecule has 1 saturated carbocycles. The first-order chi connectivity index (χ1) is 12.3. The number of carbonyl (C=O) groups excluding carboxylic acids is 1. The van der Waals surface area contributed by atoms with Crippen molar-refractivity contribution in [3.8, 4) is 5.75 Å². The molecule has 0 spiro atoms. The van der Waals surface area contributed by atoms with E-state index in [1.54, 1.807) is 12.1 Å². The van der Waals surface area contributed by atoms with E-state index in [0.717, 1.165) is 25.2 Å². The number of benzene rings is 1. The molecule has 1 aromatic carbocycles. The SMILES string of the molecule is CCOC1CC(N)(C(=O)N2CCN(Cc3cccc(O)c3)CC2)C1(C)C. The van der Waals surface area contributed by atoms with E-state index in [0.29, 0.717) is 26.1 Å². The van der Waals surface area contributed by atoms with Gasteiger partial charge in [-0.3, -0.25) is 9.69 Å². The van der Waals surface area contributed by atoms with Gasteiger partial charge in [0, 0.05) is 51.2 Å². The number of nitrogens with zero attached hydrogens (tertiary/aromatic N) is 2. The minimum Gasteiger partial charge on any atom is -0.508 e. The quantitative estimate of drug-likeness (QED) is 0.832. The molecular weight excluding hydrogens is 330 g/mol. The van der Waals surface area contributed by atoms with E-state index >= 15 is 0 Å². The van der Waals surface area contributed by atoms with E-state index < -0.39 is 5.54 Å². The zero-order valence-corrected chi connectivity index (χ0v) is 16.1. The van der Waals surface area contributed by atoms with Crippen molar-refractivity contribution in [3.63, 3.8) is 0 Å². The standard InChI is InChI=1S/C20H31N3O3/c1-4-26-17-13-20(21,19(17,2)3)18(25)23-10-8-22(9-11-23)14-15-6-5-7-16(24)12-15/h5-7,12,17,24H,4,8-11,13-14,21H2,1-3H3. The van der Waals surface area contributed by atoms with Crippen LogP contribution in [0.5, 0.6) is 5.75 Å². The second-order valence-electron chi connectivity index (χ2n) is 8.08. The van der Waals surface area contributed by atoms with Crippen molar-refractivity contribution in [2.75, 3.05) is 32.8 Å². The number of hydrogen-bond donors (Lipinski definition) is 2. The number of piperazine rings is 1. The third-order valence-electron chi connectivity index (χ3n) is 6.19. The van der Waals surface area contributed by atoms with Gasteiger partial charge in [0.1, 0.15) is 11.3 Å². The Morgan fingerprint density at radius 2 is 2.00 bits per heavy atom. The molecule has 2 aliphatic rings. The van der Waals surface area contributed by atoms with Gasteiger partial charge in [-0.1, -0.05) is 26.0 Å². The molecule has 3 rings (SSSR count). The Balaban J connectivity index is 1.55. The molecule has 1 saturated heterocycles. The van der Waals surface area contributed by atoms with E-state index in [9.17, 15) is 9.90 Å². The molecule has 2 unspecified atom stereocenters. The van der Waals surface area contributed by atoms with E-state index in [4.69, 9.17) is 10.5 Å². The van der Waals surface area contributed by atoms with Gasteiger partial charge in [-0.15, -0.1) is 0 Å². The number of phenols is 1. The molecule has 0 radical (unpaired) electrons. The lowest BCUT2D eigenvalue weighted by atomic mass is 9.54. The number of carbonyl (C=O) groups is 1. The van der Waals surface area contributed by atoms with E-state index in [-0.39, 0.29) is 23.2 Å². The van der Waals surface area contributed by atoms with Crippen molar-refractivity contribution in [1.29, 1.82) is 0 Å². The third kappa shape index (κ3) is 3.33. The van der Waals surface area contributed by atoms with Crippen LogP contribution >= 0.6 is 0 Å². The molecule has 0 bridgehead atoms. The summed E-state index contributed by atoms with van der Waals surface area (Å²) in [6.45, 7) is 10.5. The van der Waals surface area contributed by atoms with E-state index in [2.05, 4.69) is 4.90 Å². The predicted molar refractivity (Wildman–Crippen MR) is 101 cm³/mol. The second-order valence-corrected chi connectivity index (χ2v) is 8.08. The number of phenolic OH excluding ortho intramolecular Hbond substituents is 1. The average Bonchev–Trinajstić information content (AvgIpc) is 2.61. The van der Waals surface area contributed by atoms with Gasteiger partial charge in [0.05, 0.1) is 6.10 Å². The Kier molecular flexibility index (Phi) is 5.28. The van der Waals surface area contributed by atoms with Crippen LogP contribution in [0.25, 0.3) is 0 Å². The minimum absolute atomic E-state index is 0.0495. The third-order valence-corrected chi connectivity index (χ3v) is 6.19. The van der Waals surface area contributed by atoms with Crippen LogP contribution in [0.1, 0.15) is 32.8 Å². The summed E-state index contributed by atoms with van der Waals surface area (Å²) in [5, 5.41) is 9.59. The maximum Gasteiger partial charge on any atom is 0.243 e. The topological polar surface area (TPSA) is 79.0 Å². The van der Waals surface area contributed by atoms with Gasteiger partial charge < -0.3 is 20.5 Å². The molecule has 26 heavy (non-hydrogen) atoms. The first-order valence-electron chi connectivity index (χ1n) is 9.48. The second kappa shape index (κ2) is 7.18. The van der Waals surface area contributed by atoms with Crippen molar-refractivity contribution in [2.24, 2.45) is 11.1 Å². The molecule has 144 valence electrons. The molecule has 6 nitrogen and oxygen atoms in total. The maximum absolute atomic E-state index is 13.1. The molecule has 1 aliphatic carbocycles. The van der Waals surface area contributed by atoms with Crippen LogP contribution in [-0.2, 0) is 16.1 Å². The lowest BCUT2D eigenvalue weighted by Gasteiger charge is -2.59. The predicted octanol–water partition coefficient (Wildman–Crippen LogP) is 1.57. The fourth-order valence-corrected chi connectivity index (χ4v) is 4.10. The number of rotatable bonds is 5. The van der Waals surface area contributed by atoms with E-state index in [1.807, 2.05) is 37.8 Å². The molecule has 3 N–H and O–H groups in total. The molecule has 2 atom stereocenters. The van der Waals surface area contributed by atoms with Crippen LogP contribution in [0.4, 0.5) is 0 Å². The highest BCUT2D eigenvalue weighted by Gasteiger charge is 2.63. The Morgan fingerprint density at radius 3 is 2.58 bits per heavy atom. The van der Waals surface area contributed by atoms with Crippen LogP contribution < -0.4 is 5.73 Å². The minimum atomic E-state index is -0.833. The van der Waals surface area contributed by atoms with Crippen LogP contribution in [-0.4, -0.2) is 65.2 Å². The summed E-state index contributed by atoms with van der Waals surface area (Å²) < 4.78 is 5.74. The fourth-order valence-electron chi connectivity index (χ4n) is 4.10. The highest BCUT2D eigenvalue weighted by Crippen LogP contribution is 2.50. The summed E-state index contributed by atoms with van der Waals surface area (Å²) in [4.78, 5) is 17.3. The van der Waals surface area contributed by atoms with Crippen molar-refractivity contribution < 1.29 is 14.6 Å². The van der Waals surface area contributed by atoms with Crippen LogP contribution in [0, 0.1) is 5.41 Å². The average molecular weight is 361 g/mol. The summed E-state index contributed by atoms with van der Waals surface area (Å²) in [6, 6.07) is 7.33. The summed E-state index contributed by atoms with van der Waals surface area (Å²) in [5.74, 6) is 0.341. The normalized spacial score (nSPS) is 28.6. The fraction of sp³-hybridized carbons (Fsp3) is 0.650. The van der Waals surface area contributed by atoms with Gasteiger partial charge in [-0.25, -0.2) is 0 Å². The monoisotopic (exact) mass is 361 g/mol. The van der Waals surface area contributed by atoms with Crippen molar-refractivity contribution in [3.05, 3.63) is 29.8 Å². The van der Waals surface area contributed by atoms with Crippen LogP contribution in [0.2, 0.25) is 0 Å². The highest BCUT2D eigenvalue weighted by molar-refractivity contribution is 5.89. The van der Waals surface area contributed by atoms with Crippen LogP contribution in [0.3, 0.4) is 0 Å². The summed E-state index contributed by atoms with van der Waals surface area (Å²) in [7, 11) is 0.